The Morgan fingerprint density at radius 2 is 2.31 bits per heavy atom. The van der Waals surface area contributed by atoms with Crippen molar-refractivity contribution < 1.29 is 4.39 Å². The highest BCUT2D eigenvalue weighted by Gasteiger charge is 2.22. The molecule has 1 unspecified atom stereocenters. The zero-order valence-electron chi connectivity index (χ0n) is 8.93. The Bertz CT molecular complexity index is 372. The number of benzene rings is 1. The smallest absolute Gasteiger partial charge is 0.127 e. The van der Waals surface area contributed by atoms with Gasteiger partial charge in [0, 0.05) is 29.0 Å². The second-order valence-electron chi connectivity index (χ2n) is 4.28. The quantitative estimate of drug-likeness (QED) is 0.771. The molecule has 1 fully saturated rings. The number of hydrogen-bond donors (Lipinski definition) is 0. The van der Waals surface area contributed by atoms with Crippen molar-refractivity contribution >= 4 is 27.5 Å². The van der Waals surface area contributed by atoms with Crippen molar-refractivity contribution in [2.24, 2.45) is 5.92 Å². The second-order valence-corrected chi connectivity index (χ2v) is 5.50. The van der Waals surface area contributed by atoms with Crippen molar-refractivity contribution in [3.8, 4) is 0 Å². The number of rotatable bonds is 3. The molecule has 1 aliphatic heterocycles. The number of halogens is 3. The molecule has 16 heavy (non-hydrogen) atoms. The van der Waals surface area contributed by atoms with Crippen LogP contribution in [0.1, 0.15) is 12.0 Å². The van der Waals surface area contributed by atoms with E-state index in [9.17, 15) is 4.39 Å². The van der Waals surface area contributed by atoms with E-state index in [1.165, 1.54) is 6.07 Å². The predicted octanol–water partition coefficient (Wildman–Crippen LogP) is 3.65. The van der Waals surface area contributed by atoms with Gasteiger partial charge in [-0.15, -0.1) is 11.6 Å². The van der Waals surface area contributed by atoms with Gasteiger partial charge in [0.2, 0.25) is 0 Å². The molecule has 0 aliphatic carbocycles. The maximum absolute atomic E-state index is 13.5. The van der Waals surface area contributed by atoms with Crippen LogP contribution >= 0.6 is 27.5 Å². The molecule has 0 N–H and O–H groups in total. The zero-order chi connectivity index (χ0) is 11.5. The van der Waals surface area contributed by atoms with E-state index in [1.54, 1.807) is 6.07 Å². The van der Waals surface area contributed by atoms with E-state index in [0.717, 1.165) is 29.5 Å². The molecule has 0 radical (unpaired) electrons. The number of hydrogen-bond acceptors (Lipinski definition) is 1. The third kappa shape index (κ3) is 2.96. The summed E-state index contributed by atoms with van der Waals surface area (Å²) >= 11 is 9.19. The second kappa shape index (κ2) is 5.48. The highest BCUT2D eigenvalue weighted by molar-refractivity contribution is 9.10. The zero-order valence-corrected chi connectivity index (χ0v) is 11.3. The molecule has 1 heterocycles. The van der Waals surface area contributed by atoms with Gasteiger partial charge in [-0.1, -0.05) is 15.9 Å². The Hall–Kier alpha value is -0.120. The fraction of sp³-hybridized carbons (Fsp3) is 0.500. The molecule has 0 bridgehead atoms. The number of nitrogens with zero attached hydrogens (tertiary/aromatic N) is 1. The summed E-state index contributed by atoms with van der Waals surface area (Å²) in [5.74, 6) is 1.15. The van der Waals surface area contributed by atoms with Gasteiger partial charge in [-0.05, 0) is 37.1 Å². The topological polar surface area (TPSA) is 3.24 Å². The maximum atomic E-state index is 13.5. The van der Waals surface area contributed by atoms with Crippen molar-refractivity contribution in [3.63, 3.8) is 0 Å². The molecular weight excluding hydrogens is 292 g/mol. The molecule has 0 spiro atoms. The van der Waals surface area contributed by atoms with E-state index in [0.29, 0.717) is 18.3 Å². The third-order valence-corrected chi connectivity index (χ3v) is 3.92. The van der Waals surface area contributed by atoms with Gasteiger partial charge < -0.3 is 0 Å². The molecule has 2 rings (SSSR count). The van der Waals surface area contributed by atoms with E-state index in [4.69, 9.17) is 11.6 Å². The van der Waals surface area contributed by atoms with Crippen LogP contribution in [-0.4, -0.2) is 23.9 Å². The number of alkyl halides is 1. The minimum atomic E-state index is -0.127. The monoisotopic (exact) mass is 305 g/mol. The van der Waals surface area contributed by atoms with Gasteiger partial charge in [-0.25, -0.2) is 4.39 Å². The summed E-state index contributed by atoms with van der Waals surface area (Å²) in [5.41, 5.74) is 0.754. The van der Waals surface area contributed by atoms with Crippen LogP contribution in [0.25, 0.3) is 0 Å². The van der Waals surface area contributed by atoms with Crippen LogP contribution < -0.4 is 0 Å². The summed E-state index contributed by atoms with van der Waals surface area (Å²) in [7, 11) is 0. The van der Waals surface area contributed by atoms with Crippen LogP contribution in [0.5, 0.6) is 0 Å². The summed E-state index contributed by atoms with van der Waals surface area (Å²) in [5, 5.41) is 0. The Morgan fingerprint density at radius 3 is 3.00 bits per heavy atom. The lowest BCUT2D eigenvalue weighted by atomic mass is 10.1. The first kappa shape index (κ1) is 12.3. The lowest BCUT2D eigenvalue weighted by Gasteiger charge is -2.16. The standard InChI is InChI=1S/C12H14BrClFN/c13-11-1-2-12(15)10(5-11)8-16-4-3-9(6-14)7-16/h1-2,5,9H,3-4,6-8H2. The molecule has 1 aromatic rings. The van der Waals surface area contributed by atoms with Gasteiger partial charge in [0.25, 0.3) is 0 Å². The molecule has 88 valence electrons. The van der Waals surface area contributed by atoms with Crippen molar-refractivity contribution in [3.05, 3.63) is 34.1 Å². The Balaban J connectivity index is 2.01. The van der Waals surface area contributed by atoms with Crippen LogP contribution in [0.3, 0.4) is 0 Å². The number of likely N-dealkylation sites (tertiary alicyclic amines) is 1. The van der Waals surface area contributed by atoms with Crippen molar-refractivity contribution in [2.75, 3.05) is 19.0 Å². The summed E-state index contributed by atoms with van der Waals surface area (Å²) in [6, 6.07) is 5.09. The average Bonchev–Trinajstić information content (AvgIpc) is 2.71. The molecule has 4 heteroatoms. The highest BCUT2D eigenvalue weighted by Crippen LogP contribution is 2.22. The lowest BCUT2D eigenvalue weighted by Crippen LogP contribution is -2.21. The fourth-order valence-electron chi connectivity index (χ4n) is 2.09. The third-order valence-electron chi connectivity index (χ3n) is 2.99. The van der Waals surface area contributed by atoms with Gasteiger partial charge >= 0.3 is 0 Å². The first-order valence-electron chi connectivity index (χ1n) is 5.41. The molecule has 1 nitrogen and oxygen atoms in total. The lowest BCUT2D eigenvalue weighted by molar-refractivity contribution is 0.315. The molecular formula is C12H14BrClFN. The van der Waals surface area contributed by atoms with Gasteiger partial charge in [0.15, 0.2) is 0 Å². The van der Waals surface area contributed by atoms with E-state index in [-0.39, 0.29) is 5.82 Å². The van der Waals surface area contributed by atoms with E-state index in [2.05, 4.69) is 20.8 Å². The van der Waals surface area contributed by atoms with Crippen LogP contribution in [0.2, 0.25) is 0 Å². The highest BCUT2D eigenvalue weighted by atomic mass is 79.9. The minimum absolute atomic E-state index is 0.127. The van der Waals surface area contributed by atoms with Gasteiger partial charge in [0.1, 0.15) is 5.82 Å². The minimum Gasteiger partial charge on any atom is -0.299 e. The fourth-order valence-corrected chi connectivity index (χ4v) is 2.75. The van der Waals surface area contributed by atoms with E-state index < -0.39 is 0 Å². The van der Waals surface area contributed by atoms with Gasteiger partial charge in [0.05, 0.1) is 0 Å². The Labute approximate surface area is 109 Å². The molecule has 0 saturated carbocycles. The van der Waals surface area contributed by atoms with Crippen molar-refractivity contribution in [1.29, 1.82) is 0 Å². The first-order valence-corrected chi connectivity index (χ1v) is 6.74. The molecule has 1 aromatic carbocycles. The van der Waals surface area contributed by atoms with E-state index in [1.807, 2.05) is 6.07 Å². The summed E-state index contributed by atoms with van der Waals surface area (Å²) in [6.07, 6.45) is 1.12. The van der Waals surface area contributed by atoms with E-state index >= 15 is 0 Å². The van der Waals surface area contributed by atoms with Crippen LogP contribution in [0.15, 0.2) is 22.7 Å². The molecule has 1 saturated heterocycles. The first-order chi connectivity index (χ1) is 7.69. The summed E-state index contributed by atoms with van der Waals surface area (Å²) in [6.45, 7) is 2.68. The van der Waals surface area contributed by atoms with Crippen LogP contribution in [0, 0.1) is 11.7 Å². The summed E-state index contributed by atoms with van der Waals surface area (Å²) in [4.78, 5) is 2.26. The van der Waals surface area contributed by atoms with Gasteiger partial charge in [-0.2, -0.15) is 0 Å². The van der Waals surface area contributed by atoms with Crippen LogP contribution in [-0.2, 0) is 6.54 Å². The van der Waals surface area contributed by atoms with Crippen molar-refractivity contribution in [1.82, 2.24) is 4.90 Å². The molecule has 0 amide bonds. The predicted molar refractivity (Wildman–Crippen MR) is 68.2 cm³/mol. The molecule has 1 atom stereocenters. The van der Waals surface area contributed by atoms with Crippen LogP contribution in [0.4, 0.5) is 4.39 Å². The molecule has 0 aromatic heterocycles. The van der Waals surface area contributed by atoms with Crippen molar-refractivity contribution in [2.45, 2.75) is 13.0 Å². The SMILES string of the molecule is Fc1ccc(Br)cc1CN1CCC(CCl)C1. The normalized spacial score (nSPS) is 21.6. The van der Waals surface area contributed by atoms with Gasteiger partial charge in [-0.3, -0.25) is 4.90 Å². The maximum Gasteiger partial charge on any atom is 0.127 e. The average molecular weight is 307 g/mol. The Morgan fingerprint density at radius 1 is 1.50 bits per heavy atom. The Kier molecular flexibility index (Phi) is 4.22. The largest absolute Gasteiger partial charge is 0.299 e. The summed E-state index contributed by atoms with van der Waals surface area (Å²) < 4.78 is 14.5. The molecule has 1 aliphatic rings.